The minimum atomic E-state index is -0.110. The molecule has 0 unspecified atom stereocenters. The van der Waals surface area contributed by atoms with E-state index in [1.165, 1.54) is 12.8 Å². The Labute approximate surface area is 77.6 Å². The van der Waals surface area contributed by atoms with Crippen molar-refractivity contribution in [2.75, 3.05) is 19.8 Å². The largest absolute Gasteiger partial charge is 0.457 e. The molecule has 0 aromatic rings. The van der Waals surface area contributed by atoms with E-state index >= 15 is 0 Å². The van der Waals surface area contributed by atoms with Gasteiger partial charge in [0.05, 0.1) is 19.6 Å². The summed E-state index contributed by atoms with van der Waals surface area (Å²) in [5.41, 5.74) is 0. The summed E-state index contributed by atoms with van der Waals surface area (Å²) in [5.74, 6) is -0.110. The summed E-state index contributed by atoms with van der Waals surface area (Å²) < 4.78 is 9.98. The molecule has 2 rings (SSSR count). The number of carbonyl (C=O) groups is 1. The first-order chi connectivity index (χ1) is 6.34. The van der Waals surface area contributed by atoms with Crippen LogP contribution < -0.4 is 5.32 Å². The van der Waals surface area contributed by atoms with Crippen LogP contribution >= 0.6 is 0 Å². The molecule has 1 saturated heterocycles. The van der Waals surface area contributed by atoms with Gasteiger partial charge in [-0.1, -0.05) is 0 Å². The van der Waals surface area contributed by atoms with E-state index in [4.69, 9.17) is 9.47 Å². The molecular formula is C9H15NO3. The van der Waals surface area contributed by atoms with Gasteiger partial charge in [-0.2, -0.15) is 0 Å². The summed E-state index contributed by atoms with van der Waals surface area (Å²) in [6, 6.07) is 0.667. The zero-order valence-electron chi connectivity index (χ0n) is 7.62. The summed E-state index contributed by atoms with van der Waals surface area (Å²) in [4.78, 5) is 11.1. The van der Waals surface area contributed by atoms with Gasteiger partial charge in [-0.25, -0.2) is 0 Å². The molecular weight excluding hydrogens is 170 g/mol. The van der Waals surface area contributed by atoms with Crippen LogP contribution in [0.15, 0.2) is 0 Å². The third kappa shape index (κ3) is 2.97. The number of hydrogen-bond donors (Lipinski definition) is 1. The minimum absolute atomic E-state index is 0.0217. The second kappa shape index (κ2) is 4.07. The highest BCUT2D eigenvalue weighted by Crippen LogP contribution is 2.18. The summed E-state index contributed by atoms with van der Waals surface area (Å²) in [5, 5.41) is 3.26. The third-order valence-corrected chi connectivity index (χ3v) is 2.25. The molecule has 1 aliphatic carbocycles. The quantitative estimate of drug-likeness (QED) is 0.616. The van der Waals surface area contributed by atoms with Gasteiger partial charge in [0.2, 0.25) is 0 Å². The summed E-state index contributed by atoms with van der Waals surface area (Å²) in [6.45, 7) is 1.89. The molecule has 0 bridgehead atoms. The maximum Gasteiger partial charge on any atom is 0.307 e. The minimum Gasteiger partial charge on any atom is -0.457 e. The monoisotopic (exact) mass is 185 g/mol. The molecule has 13 heavy (non-hydrogen) atoms. The van der Waals surface area contributed by atoms with E-state index in [-0.39, 0.29) is 12.1 Å². The van der Waals surface area contributed by atoms with Crippen molar-refractivity contribution in [3.05, 3.63) is 0 Å². The van der Waals surface area contributed by atoms with Crippen molar-refractivity contribution in [3.8, 4) is 0 Å². The molecule has 1 heterocycles. The van der Waals surface area contributed by atoms with Gasteiger partial charge in [-0.05, 0) is 12.8 Å². The van der Waals surface area contributed by atoms with Crippen LogP contribution in [-0.2, 0) is 14.3 Å². The van der Waals surface area contributed by atoms with Gasteiger partial charge in [0.1, 0.15) is 6.10 Å². The lowest BCUT2D eigenvalue weighted by molar-refractivity contribution is -0.172. The van der Waals surface area contributed by atoms with Crippen molar-refractivity contribution in [2.45, 2.75) is 31.4 Å². The Bertz CT molecular complexity index is 187. The maximum atomic E-state index is 11.1. The maximum absolute atomic E-state index is 11.1. The van der Waals surface area contributed by atoms with Gasteiger partial charge in [0.25, 0.3) is 0 Å². The predicted octanol–water partition coefficient (Wildman–Crippen LogP) is 0.0705. The van der Waals surface area contributed by atoms with Crippen LogP contribution in [0, 0.1) is 0 Å². The van der Waals surface area contributed by atoms with Crippen LogP contribution in [0.5, 0.6) is 0 Å². The molecule has 1 saturated carbocycles. The third-order valence-electron chi connectivity index (χ3n) is 2.25. The normalized spacial score (nSPS) is 22.5. The highest BCUT2D eigenvalue weighted by atomic mass is 16.6. The molecule has 4 heteroatoms. The highest BCUT2D eigenvalue weighted by Gasteiger charge is 2.23. The molecule has 1 N–H and O–H groups in total. The Morgan fingerprint density at radius 3 is 2.77 bits per heavy atom. The summed E-state index contributed by atoms with van der Waals surface area (Å²) >= 11 is 0. The molecule has 0 radical (unpaired) electrons. The first kappa shape index (κ1) is 8.97. The van der Waals surface area contributed by atoms with Gasteiger partial charge in [-0.15, -0.1) is 0 Å². The highest BCUT2D eigenvalue weighted by molar-refractivity contribution is 5.69. The zero-order chi connectivity index (χ0) is 9.10. The Balaban J connectivity index is 1.49. The summed E-state index contributed by atoms with van der Waals surface area (Å²) in [6.07, 6.45) is 3.01. The topological polar surface area (TPSA) is 47.6 Å². The SMILES string of the molecule is O=C(CCNC1CC1)OC1COC1. The lowest BCUT2D eigenvalue weighted by Crippen LogP contribution is -2.38. The smallest absolute Gasteiger partial charge is 0.307 e. The number of rotatable bonds is 5. The first-order valence-electron chi connectivity index (χ1n) is 4.85. The number of ether oxygens (including phenoxy) is 2. The molecule has 2 fully saturated rings. The molecule has 74 valence electrons. The van der Waals surface area contributed by atoms with E-state index in [2.05, 4.69) is 5.32 Å². The van der Waals surface area contributed by atoms with E-state index in [9.17, 15) is 4.79 Å². The second-order valence-electron chi connectivity index (χ2n) is 3.63. The Morgan fingerprint density at radius 1 is 1.46 bits per heavy atom. The van der Waals surface area contributed by atoms with Gasteiger partial charge < -0.3 is 14.8 Å². The Hall–Kier alpha value is -0.610. The van der Waals surface area contributed by atoms with Crippen molar-refractivity contribution in [1.29, 1.82) is 0 Å². The predicted molar refractivity (Wildman–Crippen MR) is 46.3 cm³/mol. The first-order valence-corrected chi connectivity index (χ1v) is 4.85. The lowest BCUT2D eigenvalue weighted by Gasteiger charge is -2.25. The second-order valence-corrected chi connectivity index (χ2v) is 3.63. The molecule has 0 aromatic carbocycles. The van der Waals surface area contributed by atoms with E-state index in [0.29, 0.717) is 25.7 Å². The van der Waals surface area contributed by atoms with E-state index < -0.39 is 0 Å². The number of hydrogen-bond acceptors (Lipinski definition) is 4. The fourth-order valence-corrected chi connectivity index (χ4v) is 1.19. The van der Waals surface area contributed by atoms with Crippen LogP contribution in [-0.4, -0.2) is 37.9 Å². The standard InChI is InChI=1S/C9H15NO3/c11-9(13-8-5-12-6-8)3-4-10-7-1-2-7/h7-8,10H,1-6H2. The van der Waals surface area contributed by atoms with Crippen LogP contribution in [0.1, 0.15) is 19.3 Å². The van der Waals surface area contributed by atoms with Crippen molar-refractivity contribution >= 4 is 5.97 Å². The van der Waals surface area contributed by atoms with Crippen molar-refractivity contribution in [1.82, 2.24) is 5.32 Å². The van der Waals surface area contributed by atoms with E-state index in [1.807, 2.05) is 0 Å². The van der Waals surface area contributed by atoms with Gasteiger partial charge in [-0.3, -0.25) is 4.79 Å². The number of esters is 1. The van der Waals surface area contributed by atoms with Gasteiger partial charge in [0.15, 0.2) is 0 Å². The molecule has 0 atom stereocenters. The summed E-state index contributed by atoms with van der Waals surface area (Å²) in [7, 11) is 0. The molecule has 0 spiro atoms. The Morgan fingerprint density at radius 2 is 2.23 bits per heavy atom. The van der Waals surface area contributed by atoms with Crippen molar-refractivity contribution < 1.29 is 14.3 Å². The molecule has 2 aliphatic rings. The fourth-order valence-electron chi connectivity index (χ4n) is 1.19. The molecule has 4 nitrogen and oxygen atoms in total. The number of nitrogens with one attached hydrogen (secondary N) is 1. The zero-order valence-corrected chi connectivity index (χ0v) is 7.62. The van der Waals surface area contributed by atoms with E-state index in [0.717, 1.165) is 6.54 Å². The van der Waals surface area contributed by atoms with E-state index in [1.54, 1.807) is 0 Å². The molecule has 1 aliphatic heterocycles. The van der Waals surface area contributed by atoms with Gasteiger partial charge >= 0.3 is 5.97 Å². The number of carbonyl (C=O) groups excluding carboxylic acids is 1. The average Bonchev–Trinajstić information content (AvgIpc) is 2.81. The fraction of sp³-hybridized carbons (Fsp3) is 0.889. The van der Waals surface area contributed by atoms with Gasteiger partial charge in [0, 0.05) is 12.6 Å². The van der Waals surface area contributed by atoms with Crippen molar-refractivity contribution in [3.63, 3.8) is 0 Å². The van der Waals surface area contributed by atoms with Crippen LogP contribution in [0.25, 0.3) is 0 Å². The average molecular weight is 185 g/mol. The van der Waals surface area contributed by atoms with Crippen LogP contribution in [0.4, 0.5) is 0 Å². The molecule has 0 amide bonds. The van der Waals surface area contributed by atoms with Crippen LogP contribution in [0.3, 0.4) is 0 Å². The van der Waals surface area contributed by atoms with Crippen molar-refractivity contribution in [2.24, 2.45) is 0 Å². The molecule has 0 aromatic heterocycles. The Kier molecular flexibility index (Phi) is 2.80. The van der Waals surface area contributed by atoms with Crippen LogP contribution in [0.2, 0.25) is 0 Å². The lowest BCUT2D eigenvalue weighted by atomic mass is 10.3.